The zero-order valence-electron chi connectivity index (χ0n) is 10.6. The molecule has 3 rings (SSSR count). The Labute approximate surface area is 110 Å². The molecule has 0 aromatic carbocycles. The minimum atomic E-state index is 0.103. The summed E-state index contributed by atoms with van der Waals surface area (Å²) in [5.41, 5.74) is 8.46. The van der Waals surface area contributed by atoms with E-state index in [4.69, 9.17) is 10.7 Å². The van der Waals surface area contributed by atoms with Crippen molar-refractivity contribution in [2.75, 3.05) is 0 Å². The predicted octanol–water partition coefficient (Wildman–Crippen LogP) is 2.57. The van der Waals surface area contributed by atoms with E-state index in [0.717, 1.165) is 29.2 Å². The summed E-state index contributed by atoms with van der Waals surface area (Å²) in [7, 11) is 0. The van der Waals surface area contributed by atoms with Crippen molar-refractivity contribution >= 4 is 11.3 Å². The lowest BCUT2D eigenvalue weighted by atomic mass is 9.77. The topological polar surface area (TPSA) is 64.7 Å². The van der Waals surface area contributed by atoms with Gasteiger partial charge in [-0.05, 0) is 18.3 Å². The van der Waals surface area contributed by atoms with Crippen molar-refractivity contribution in [2.45, 2.75) is 32.7 Å². The molecule has 1 unspecified atom stereocenters. The lowest BCUT2D eigenvalue weighted by Gasteiger charge is -2.32. The minimum absolute atomic E-state index is 0.103. The lowest BCUT2D eigenvalue weighted by molar-refractivity contribution is 0.282. The maximum atomic E-state index is 6.25. The van der Waals surface area contributed by atoms with Crippen LogP contribution in [-0.2, 0) is 6.42 Å². The standard InChI is InChI=1S/C13H16N4S/c1-13(2)5-8(14)11-9(6-13)17-12(18-11)10-7-15-3-4-16-10/h3-4,7-8H,5-6,14H2,1-2H3. The largest absolute Gasteiger partial charge is 0.323 e. The molecule has 0 amide bonds. The Kier molecular flexibility index (Phi) is 2.68. The number of fused-ring (bicyclic) bond motifs is 1. The van der Waals surface area contributed by atoms with E-state index in [2.05, 4.69) is 23.8 Å². The average molecular weight is 260 g/mol. The van der Waals surface area contributed by atoms with Crippen molar-refractivity contribution in [3.63, 3.8) is 0 Å². The molecule has 0 saturated heterocycles. The Balaban J connectivity index is 2.03. The summed E-state index contributed by atoms with van der Waals surface area (Å²) in [6.45, 7) is 4.49. The second-order valence-electron chi connectivity index (χ2n) is 5.57. The molecule has 4 nitrogen and oxygen atoms in total. The van der Waals surface area contributed by atoms with Crippen LogP contribution in [0.5, 0.6) is 0 Å². The van der Waals surface area contributed by atoms with E-state index in [0.29, 0.717) is 0 Å². The van der Waals surface area contributed by atoms with Gasteiger partial charge in [-0.15, -0.1) is 11.3 Å². The van der Waals surface area contributed by atoms with Crippen LogP contribution in [0, 0.1) is 5.41 Å². The van der Waals surface area contributed by atoms with E-state index < -0.39 is 0 Å². The molecule has 2 N–H and O–H groups in total. The van der Waals surface area contributed by atoms with Crippen LogP contribution in [0.25, 0.3) is 10.7 Å². The van der Waals surface area contributed by atoms with Gasteiger partial charge in [0.05, 0.1) is 11.9 Å². The van der Waals surface area contributed by atoms with Crippen LogP contribution in [0.3, 0.4) is 0 Å². The lowest BCUT2D eigenvalue weighted by Crippen LogP contribution is -2.28. The fourth-order valence-electron chi connectivity index (χ4n) is 2.51. The summed E-state index contributed by atoms with van der Waals surface area (Å²) in [6, 6.07) is 0.103. The zero-order chi connectivity index (χ0) is 12.8. The maximum Gasteiger partial charge on any atom is 0.144 e. The number of nitrogens with zero attached hydrogens (tertiary/aromatic N) is 3. The van der Waals surface area contributed by atoms with Gasteiger partial charge in [-0.25, -0.2) is 4.98 Å². The number of nitrogens with two attached hydrogens (primary N) is 1. The van der Waals surface area contributed by atoms with Gasteiger partial charge >= 0.3 is 0 Å². The first-order chi connectivity index (χ1) is 8.55. The Morgan fingerprint density at radius 1 is 1.39 bits per heavy atom. The Bertz CT molecular complexity index is 562. The summed E-state index contributed by atoms with van der Waals surface area (Å²) in [5.74, 6) is 0. The third-order valence-electron chi connectivity index (χ3n) is 3.27. The minimum Gasteiger partial charge on any atom is -0.323 e. The normalized spacial score (nSPS) is 21.6. The van der Waals surface area contributed by atoms with E-state index in [1.165, 1.54) is 4.88 Å². The quantitative estimate of drug-likeness (QED) is 0.856. The molecule has 94 valence electrons. The molecular formula is C13H16N4S. The first-order valence-corrected chi connectivity index (χ1v) is 6.88. The van der Waals surface area contributed by atoms with Crippen molar-refractivity contribution in [3.05, 3.63) is 29.2 Å². The van der Waals surface area contributed by atoms with Crippen LogP contribution in [0.1, 0.15) is 36.9 Å². The summed E-state index contributed by atoms with van der Waals surface area (Å²) >= 11 is 1.66. The van der Waals surface area contributed by atoms with E-state index in [1.54, 1.807) is 29.9 Å². The zero-order valence-corrected chi connectivity index (χ0v) is 11.4. The van der Waals surface area contributed by atoms with Crippen LogP contribution < -0.4 is 5.73 Å². The van der Waals surface area contributed by atoms with Crippen molar-refractivity contribution in [1.29, 1.82) is 0 Å². The number of hydrogen-bond acceptors (Lipinski definition) is 5. The molecule has 2 heterocycles. The average Bonchev–Trinajstić information content (AvgIpc) is 2.72. The van der Waals surface area contributed by atoms with Crippen molar-refractivity contribution in [3.8, 4) is 10.7 Å². The molecule has 0 aliphatic heterocycles. The number of thiazole rings is 1. The van der Waals surface area contributed by atoms with Crippen LogP contribution in [-0.4, -0.2) is 15.0 Å². The molecule has 5 heteroatoms. The van der Waals surface area contributed by atoms with Gasteiger partial charge in [-0.2, -0.15) is 0 Å². The fraction of sp³-hybridized carbons (Fsp3) is 0.462. The van der Waals surface area contributed by atoms with Crippen LogP contribution in [0.2, 0.25) is 0 Å². The Morgan fingerprint density at radius 3 is 2.94 bits per heavy atom. The van der Waals surface area contributed by atoms with Gasteiger partial charge in [-0.3, -0.25) is 9.97 Å². The van der Waals surface area contributed by atoms with Crippen molar-refractivity contribution in [1.82, 2.24) is 15.0 Å². The van der Waals surface area contributed by atoms with Gasteiger partial charge in [0.15, 0.2) is 0 Å². The van der Waals surface area contributed by atoms with E-state index in [1.807, 2.05) is 0 Å². The fourth-order valence-corrected chi connectivity index (χ4v) is 3.56. The SMILES string of the molecule is CC1(C)Cc2nc(-c3cnccn3)sc2C(N)C1. The highest BCUT2D eigenvalue weighted by Gasteiger charge is 2.33. The van der Waals surface area contributed by atoms with Crippen LogP contribution >= 0.6 is 11.3 Å². The first kappa shape index (κ1) is 11.7. The molecule has 0 radical (unpaired) electrons. The van der Waals surface area contributed by atoms with Gasteiger partial charge in [0.25, 0.3) is 0 Å². The molecule has 0 saturated carbocycles. The van der Waals surface area contributed by atoms with Crippen LogP contribution in [0.15, 0.2) is 18.6 Å². The number of hydrogen-bond donors (Lipinski definition) is 1. The maximum absolute atomic E-state index is 6.25. The monoisotopic (exact) mass is 260 g/mol. The third kappa shape index (κ3) is 2.04. The van der Waals surface area contributed by atoms with Crippen LogP contribution in [0.4, 0.5) is 0 Å². The van der Waals surface area contributed by atoms with Gasteiger partial charge in [0.1, 0.15) is 10.7 Å². The Hall–Kier alpha value is -1.33. The van der Waals surface area contributed by atoms with E-state index in [9.17, 15) is 0 Å². The predicted molar refractivity (Wildman–Crippen MR) is 72.2 cm³/mol. The molecule has 1 atom stereocenters. The van der Waals surface area contributed by atoms with Crippen molar-refractivity contribution < 1.29 is 0 Å². The highest BCUT2D eigenvalue weighted by atomic mass is 32.1. The number of aromatic nitrogens is 3. The molecule has 1 aliphatic carbocycles. The second kappa shape index (κ2) is 4.10. The Morgan fingerprint density at radius 2 is 2.22 bits per heavy atom. The van der Waals surface area contributed by atoms with Crippen molar-refractivity contribution in [2.24, 2.45) is 11.1 Å². The molecule has 0 spiro atoms. The molecule has 2 aromatic rings. The highest BCUT2D eigenvalue weighted by molar-refractivity contribution is 7.15. The van der Waals surface area contributed by atoms with Gasteiger partial charge in [-0.1, -0.05) is 13.8 Å². The molecule has 2 aromatic heterocycles. The van der Waals surface area contributed by atoms with Gasteiger partial charge in [0, 0.05) is 23.3 Å². The highest BCUT2D eigenvalue weighted by Crippen LogP contribution is 2.43. The molecule has 0 bridgehead atoms. The molecule has 1 aliphatic rings. The third-order valence-corrected chi connectivity index (χ3v) is 4.52. The first-order valence-electron chi connectivity index (χ1n) is 6.07. The molecular weight excluding hydrogens is 244 g/mol. The smallest absolute Gasteiger partial charge is 0.144 e. The van der Waals surface area contributed by atoms with Gasteiger partial charge in [0.2, 0.25) is 0 Å². The summed E-state index contributed by atoms with van der Waals surface area (Å²) in [5, 5.41) is 0.932. The summed E-state index contributed by atoms with van der Waals surface area (Å²) in [6.07, 6.45) is 7.13. The van der Waals surface area contributed by atoms with E-state index >= 15 is 0 Å². The summed E-state index contributed by atoms with van der Waals surface area (Å²) < 4.78 is 0. The van der Waals surface area contributed by atoms with E-state index in [-0.39, 0.29) is 11.5 Å². The number of rotatable bonds is 1. The summed E-state index contributed by atoms with van der Waals surface area (Å²) in [4.78, 5) is 14.3. The van der Waals surface area contributed by atoms with Gasteiger partial charge < -0.3 is 5.73 Å². The molecule has 18 heavy (non-hydrogen) atoms. The second-order valence-corrected chi connectivity index (χ2v) is 6.60. The molecule has 0 fully saturated rings.